The fourth-order valence-electron chi connectivity index (χ4n) is 3.33. The van der Waals surface area contributed by atoms with Crippen LogP contribution in [-0.2, 0) is 0 Å². The number of fused-ring (bicyclic) bond motifs is 4. The molecule has 2 nitrogen and oxygen atoms in total. The first-order chi connectivity index (χ1) is 10.9. The van der Waals surface area contributed by atoms with Gasteiger partial charge in [0.2, 0.25) is 0 Å². The summed E-state index contributed by atoms with van der Waals surface area (Å²) in [5.41, 5.74) is 1.05. The summed E-state index contributed by atoms with van der Waals surface area (Å²) < 4.78 is 0. The minimum atomic E-state index is 0.905. The van der Waals surface area contributed by atoms with Gasteiger partial charge in [0.15, 0.2) is 0 Å². The van der Waals surface area contributed by atoms with Gasteiger partial charge in [0, 0.05) is 18.1 Å². The Bertz CT molecular complexity index is 1080. The second kappa shape index (κ2) is 4.38. The summed E-state index contributed by atoms with van der Waals surface area (Å²) in [6.45, 7) is 0.905. The molecule has 0 saturated heterocycles. The minimum absolute atomic E-state index is 0.905. The Morgan fingerprint density at radius 2 is 1.55 bits per heavy atom. The Labute approximate surface area is 127 Å². The molecule has 22 heavy (non-hydrogen) atoms. The lowest BCUT2D eigenvalue weighted by Crippen LogP contribution is -2.27. The molecular formula is C20H14N2. The zero-order chi connectivity index (χ0) is 14.5. The van der Waals surface area contributed by atoms with Crippen molar-refractivity contribution in [3.05, 3.63) is 65.3 Å². The van der Waals surface area contributed by atoms with Gasteiger partial charge in [0.25, 0.3) is 0 Å². The molecule has 0 amide bonds. The van der Waals surface area contributed by atoms with Crippen molar-refractivity contribution in [2.45, 2.75) is 6.42 Å². The molecule has 0 atom stereocenters. The summed E-state index contributed by atoms with van der Waals surface area (Å²) in [7, 11) is 0. The minimum Gasteiger partial charge on any atom is -0.284 e. The van der Waals surface area contributed by atoms with E-state index in [0.717, 1.165) is 23.8 Å². The zero-order valence-corrected chi connectivity index (χ0v) is 12.1. The van der Waals surface area contributed by atoms with Crippen LogP contribution in [0.25, 0.3) is 38.5 Å². The molecule has 1 aliphatic rings. The average Bonchev–Trinajstić information content (AvgIpc) is 2.56. The maximum Gasteiger partial charge on any atom is 0.0708 e. The number of rotatable bonds is 0. The van der Waals surface area contributed by atoms with Gasteiger partial charge in [-0.3, -0.25) is 9.98 Å². The van der Waals surface area contributed by atoms with Gasteiger partial charge < -0.3 is 0 Å². The molecule has 0 radical (unpaired) electrons. The van der Waals surface area contributed by atoms with Crippen LogP contribution in [0.3, 0.4) is 0 Å². The maximum absolute atomic E-state index is 4.63. The SMILES string of the molecule is C1=c2cc3cc4cc5ncccc5cc4cc3cc2=NCC1. The van der Waals surface area contributed by atoms with E-state index in [-0.39, 0.29) is 0 Å². The van der Waals surface area contributed by atoms with Crippen LogP contribution >= 0.6 is 0 Å². The third kappa shape index (κ3) is 1.74. The van der Waals surface area contributed by atoms with E-state index >= 15 is 0 Å². The van der Waals surface area contributed by atoms with Gasteiger partial charge in [0.05, 0.1) is 10.9 Å². The summed E-state index contributed by atoms with van der Waals surface area (Å²) in [6.07, 6.45) is 5.18. The molecule has 0 fully saturated rings. The first-order valence-corrected chi connectivity index (χ1v) is 7.64. The number of aromatic nitrogens is 1. The third-order valence-electron chi connectivity index (χ3n) is 4.44. The van der Waals surface area contributed by atoms with Gasteiger partial charge in [0.1, 0.15) is 0 Å². The van der Waals surface area contributed by atoms with Crippen molar-refractivity contribution in [1.29, 1.82) is 0 Å². The van der Waals surface area contributed by atoms with Crippen LogP contribution in [-0.4, -0.2) is 11.5 Å². The van der Waals surface area contributed by atoms with Crippen LogP contribution in [0, 0.1) is 0 Å². The van der Waals surface area contributed by atoms with E-state index in [2.05, 4.69) is 58.5 Å². The molecule has 0 aliphatic carbocycles. The summed E-state index contributed by atoms with van der Waals surface area (Å²) in [5.74, 6) is 0. The Morgan fingerprint density at radius 3 is 2.50 bits per heavy atom. The average molecular weight is 282 g/mol. The topological polar surface area (TPSA) is 25.2 Å². The van der Waals surface area contributed by atoms with Crippen LogP contribution in [0.4, 0.5) is 0 Å². The standard InChI is InChI=1S/C20H14N2/c1-3-13-7-15-9-18-12-20-14(4-2-6-22-20)8-16(18)10-17(15)11-19(13)21-5-1/h1,3-5,7-12H,2,6H2. The molecule has 0 N–H and O–H groups in total. The number of pyridine rings is 1. The molecule has 0 unspecified atom stereocenters. The van der Waals surface area contributed by atoms with Crippen molar-refractivity contribution < 1.29 is 0 Å². The number of hydrogen-bond donors (Lipinski definition) is 0. The Balaban J connectivity index is 1.93. The first-order valence-electron chi connectivity index (χ1n) is 7.64. The normalized spacial score (nSPS) is 13.8. The van der Waals surface area contributed by atoms with E-state index < -0.39 is 0 Å². The highest BCUT2D eigenvalue weighted by Crippen LogP contribution is 2.25. The van der Waals surface area contributed by atoms with Gasteiger partial charge in [-0.2, -0.15) is 0 Å². The number of hydrogen-bond acceptors (Lipinski definition) is 2. The lowest BCUT2D eigenvalue weighted by atomic mass is 10.0. The maximum atomic E-state index is 4.63. The van der Waals surface area contributed by atoms with E-state index in [9.17, 15) is 0 Å². The summed E-state index contributed by atoms with van der Waals surface area (Å²) >= 11 is 0. The van der Waals surface area contributed by atoms with Crippen molar-refractivity contribution >= 4 is 38.5 Å². The highest BCUT2D eigenvalue weighted by atomic mass is 14.7. The lowest BCUT2D eigenvalue weighted by Gasteiger charge is -2.06. The Kier molecular flexibility index (Phi) is 2.36. The Hall–Kier alpha value is -2.74. The van der Waals surface area contributed by atoms with E-state index in [1.165, 1.54) is 32.1 Å². The quantitative estimate of drug-likeness (QED) is 0.454. The zero-order valence-electron chi connectivity index (χ0n) is 12.1. The van der Waals surface area contributed by atoms with Crippen molar-refractivity contribution in [3.8, 4) is 0 Å². The number of benzene rings is 3. The molecule has 5 rings (SSSR count). The smallest absolute Gasteiger partial charge is 0.0708 e. The fourth-order valence-corrected chi connectivity index (χ4v) is 3.33. The third-order valence-corrected chi connectivity index (χ3v) is 4.44. The first kappa shape index (κ1) is 11.9. The monoisotopic (exact) mass is 282 g/mol. The predicted octanol–water partition coefficient (Wildman–Crippen LogP) is 3.35. The molecule has 2 heteroatoms. The Morgan fingerprint density at radius 1 is 0.773 bits per heavy atom. The molecule has 0 bridgehead atoms. The van der Waals surface area contributed by atoms with Crippen LogP contribution < -0.4 is 10.6 Å². The van der Waals surface area contributed by atoms with Gasteiger partial charge in [-0.05, 0) is 75.6 Å². The second-order valence-corrected chi connectivity index (χ2v) is 5.88. The molecule has 0 saturated carbocycles. The van der Waals surface area contributed by atoms with E-state index in [1.807, 2.05) is 12.3 Å². The molecule has 4 aromatic rings. The van der Waals surface area contributed by atoms with Crippen molar-refractivity contribution in [2.75, 3.05) is 6.54 Å². The lowest BCUT2D eigenvalue weighted by molar-refractivity contribution is 0.963. The summed E-state index contributed by atoms with van der Waals surface area (Å²) in [4.78, 5) is 9.09. The summed E-state index contributed by atoms with van der Waals surface area (Å²) in [6, 6.07) is 17.5. The van der Waals surface area contributed by atoms with Crippen molar-refractivity contribution in [1.82, 2.24) is 4.98 Å². The van der Waals surface area contributed by atoms with Gasteiger partial charge in [-0.15, -0.1) is 0 Å². The van der Waals surface area contributed by atoms with Gasteiger partial charge in [-0.1, -0.05) is 12.1 Å². The van der Waals surface area contributed by atoms with Crippen molar-refractivity contribution in [2.24, 2.45) is 4.99 Å². The van der Waals surface area contributed by atoms with Gasteiger partial charge >= 0.3 is 0 Å². The van der Waals surface area contributed by atoms with E-state index in [1.54, 1.807) is 0 Å². The van der Waals surface area contributed by atoms with E-state index in [4.69, 9.17) is 0 Å². The molecule has 1 aromatic heterocycles. The molecule has 1 aliphatic heterocycles. The number of nitrogens with zero attached hydrogens (tertiary/aromatic N) is 2. The molecule has 104 valence electrons. The molecule has 0 spiro atoms. The predicted molar refractivity (Wildman–Crippen MR) is 91.5 cm³/mol. The largest absolute Gasteiger partial charge is 0.284 e. The van der Waals surface area contributed by atoms with E-state index in [0.29, 0.717) is 0 Å². The van der Waals surface area contributed by atoms with Crippen LogP contribution in [0.1, 0.15) is 6.42 Å². The van der Waals surface area contributed by atoms with Gasteiger partial charge in [-0.25, -0.2) is 0 Å². The van der Waals surface area contributed by atoms with Crippen molar-refractivity contribution in [3.63, 3.8) is 0 Å². The highest BCUT2D eigenvalue weighted by Gasteiger charge is 2.03. The fraction of sp³-hybridized carbons (Fsp3) is 0.100. The van der Waals surface area contributed by atoms with Crippen LogP contribution in [0.5, 0.6) is 0 Å². The molecular weight excluding hydrogens is 268 g/mol. The second-order valence-electron chi connectivity index (χ2n) is 5.88. The van der Waals surface area contributed by atoms with Crippen LogP contribution in [0.2, 0.25) is 0 Å². The van der Waals surface area contributed by atoms with Crippen LogP contribution in [0.15, 0.2) is 59.7 Å². The molecule has 3 aromatic carbocycles. The summed E-state index contributed by atoms with van der Waals surface area (Å²) in [5, 5.41) is 8.60. The molecule has 2 heterocycles. The highest BCUT2D eigenvalue weighted by molar-refractivity contribution is 6.03.